The SMILES string of the molecule is CSc1nc2ccc(NC(=O)C(C)(C)CCl)cc2s1. The van der Waals surface area contributed by atoms with Crippen LogP contribution >= 0.6 is 34.7 Å². The Morgan fingerprint density at radius 3 is 2.89 bits per heavy atom. The number of hydrogen-bond donors (Lipinski definition) is 1. The van der Waals surface area contributed by atoms with E-state index in [0.29, 0.717) is 0 Å². The molecular formula is C13H15ClN2OS2. The quantitative estimate of drug-likeness (QED) is 0.678. The minimum atomic E-state index is -0.575. The number of nitrogens with zero attached hydrogens (tertiary/aromatic N) is 1. The summed E-state index contributed by atoms with van der Waals surface area (Å²) in [5.41, 5.74) is 1.17. The summed E-state index contributed by atoms with van der Waals surface area (Å²) in [5, 5.41) is 2.90. The Morgan fingerprint density at radius 1 is 1.53 bits per heavy atom. The molecule has 0 bridgehead atoms. The van der Waals surface area contributed by atoms with Gasteiger partial charge in [-0.05, 0) is 38.3 Å². The molecule has 6 heteroatoms. The average Bonchev–Trinajstić information content (AvgIpc) is 2.80. The molecule has 0 radical (unpaired) electrons. The topological polar surface area (TPSA) is 42.0 Å². The van der Waals surface area contributed by atoms with Crippen LogP contribution in [0.2, 0.25) is 0 Å². The maximum absolute atomic E-state index is 12.1. The lowest BCUT2D eigenvalue weighted by molar-refractivity contribution is -0.122. The van der Waals surface area contributed by atoms with Crippen molar-refractivity contribution in [2.45, 2.75) is 18.2 Å². The molecule has 0 aliphatic carbocycles. The number of aromatic nitrogens is 1. The standard InChI is InChI=1S/C13H15ClN2OS2/c1-13(2,7-14)11(17)15-8-4-5-9-10(6-8)19-12(16-9)18-3/h4-6H,7H2,1-3H3,(H,15,17). The molecule has 0 saturated carbocycles. The number of thiazole rings is 1. The van der Waals surface area contributed by atoms with Gasteiger partial charge in [0.1, 0.15) is 0 Å². The number of alkyl halides is 1. The summed E-state index contributed by atoms with van der Waals surface area (Å²) < 4.78 is 2.10. The van der Waals surface area contributed by atoms with E-state index in [1.54, 1.807) is 23.1 Å². The first-order valence-corrected chi connectivity index (χ1v) is 8.36. The highest BCUT2D eigenvalue weighted by atomic mass is 35.5. The smallest absolute Gasteiger partial charge is 0.231 e. The van der Waals surface area contributed by atoms with Gasteiger partial charge in [-0.1, -0.05) is 11.8 Å². The minimum Gasteiger partial charge on any atom is -0.326 e. The fraction of sp³-hybridized carbons (Fsp3) is 0.385. The van der Waals surface area contributed by atoms with Crippen molar-refractivity contribution < 1.29 is 4.79 Å². The van der Waals surface area contributed by atoms with Gasteiger partial charge >= 0.3 is 0 Å². The summed E-state index contributed by atoms with van der Waals surface area (Å²) >= 11 is 9.05. The van der Waals surface area contributed by atoms with Crippen molar-refractivity contribution in [3.05, 3.63) is 18.2 Å². The van der Waals surface area contributed by atoms with Crippen LogP contribution in [0.15, 0.2) is 22.5 Å². The van der Waals surface area contributed by atoms with Crippen LogP contribution in [0.5, 0.6) is 0 Å². The lowest BCUT2D eigenvalue weighted by Crippen LogP contribution is -2.32. The van der Waals surface area contributed by atoms with Crippen LogP contribution in [-0.2, 0) is 4.79 Å². The highest BCUT2D eigenvalue weighted by Crippen LogP contribution is 2.30. The van der Waals surface area contributed by atoms with Crippen molar-refractivity contribution in [2.24, 2.45) is 5.41 Å². The zero-order valence-corrected chi connectivity index (χ0v) is 13.4. The molecule has 2 aromatic rings. The van der Waals surface area contributed by atoms with Crippen LogP contribution in [0.3, 0.4) is 0 Å². The third kappa shape index (κ3) is 3.22. The van der Waals surface area contributed by atoms with Gasteiger partial charge in [0.15, 0.2) is 4.34 Å². The van der Waals surface area contributed by atoms with Crippen LogP contribution in [0, 0.1) is 5.41 Å². The van der Waals surface area contributed by atoms with Crippen molar-refractivity contribution in [3.63, 3.8) is 0 Å². The lowest BCUT2D eigenvalue weighted by atomic mass is 9.95. The molecule has 2 rings (SSSR count). The number of fused-ring (bicyclic) bond motifs is 1. The second-order valence-corrected chi connectivity index (χ2v) is 7.19. The number of halogens is 1. The van der Waals surface area contributed by atoms with E-state index in [0.717, 1.165) is 20.2 Å². The van der Waals surface area contributed by atoms with Gasteiger partial charge in [-0.2, -0.15) is 0 Å². The molecule has 0 aliphatic heterocycles. The molecule has 0 unspecified atom stereocenters. The monoisotopic (exact) mass is 314 g/mol. The highest BCUT2D eigenvalue weighted by molar-refractivity contribution is 8.00. The molecule has 0 saturated heterocycles. The van der Waals surface area contributed by atoms with E-state index in [1.807, 2.05) is 38.3 Å². The fourth-order valence-electron chi connectivity index (χ4n) is 1.43. The summed E-state index contributed by atoms with van der Waals surface area (Å²) in [7, 11) is 0. The molecule has 0 fully saturated rings. The summed E-state index contributed by atoms with van der Waals surface area (Å²) in [4.78, 5) is 16.5. The maximum Gasteiger partial charge on any atom is 0.231 e. The van der Waals surface area contributed by atoms with Crippen molar-refractivity contribution in [2.75, 3.05) is 17.5 Å². The van der Waals surface area contributed by atoms with E-state index < -0.39 is 5.41 Å². The van der Waals surface area contributed by atoms with Gasteiger partial charge in [-0.25, -0.2) is 4.98 Å². The summed E-state index contributed by atoms with van der Waals surface area (Å²) in [5.74, 6) is 0.217. The molecule has 1 amide bonds. The van der Waals surface area contributed by atoms with Crippen LogP contribution < -0.4 is 5.32 Å². The Hall–Kier alpha value is -0.780. The van der Waals surface area contributed by atoms with Crippen LogP contribution in [-0.4, -0.2) is 23.0 Å². The Balaban J connectivity index is 2.24. The van der Waals surface area contributed by atoms with E-state index in [1.165, 1.54) is 0 Å². The molecule has 1 aromatic carbocycles. The molecule has 1 heterocycles. The largest absolute Gasteiger partial charge is 0.326 e. The predicted octanol–water partition coefficient (Wildman–Crippen LogP) is 4.22. The maximum atomic E-state index is 12.1. The summed E-state index contributed by atoms with van der Waals surface area (Å²) in [6.07, 6.45) is 2.00. The van der Waals surface area contributed by atoms with Gasteiger partial charge in [-0.3, -0.25) is 4.79 Å². The van der Waals surface area contributed by atoms with Crippen molar-refractivity contribution in [1.82, 2.24) is 4.98 Å². The molecule has 3 nitrogen and oxygen atoms in total. The summed E-state index contributed by atoms with van der Waals surface area (Å²) in [6, 6.07) is 5.75. The number of anilines is 1. The van der Waals surface area contributed by atoms with Crippen molar-refractivity contribution >= 4 is 56.5 Å². The van der Waals surface area contributed by atoms with E-state index in [4.69, 9.17) is 11.6 Å². The number of nitrogens with one attached hydrogen (secondary N) is 1. The number of amides is 1. The average molecular weight is 315 g/mol. The second kappa shape index (κ2) is 5.69. The third-order valence-corrected chi connectivity index (χ3v) is 5.42. The lowest BCUT2D eigenvalue weighted by Gasteiger charge is -2.20. The van der Waals surface area contributed by atoms with E-state index in [9.17, 15) is 4.79 Å². The zero-order chi connectivity index (χ0) is 14.0. The van der Waals surface area contributed by atoms with Crippen molar-refractivity contribution in [1.29, 1.82) is 0 Å². The predicted molar refractivity (Wildman–Crippen MR) is 84.5 cm³/mol. The minimum absolute atomic E-state index is 0.0727. The third-order valence-electron chi connectivity index (χ3n) is 2.75. The van der Waals surface area contributed by atoms with Gasteiger partial charge in [-0.15, -0.1) is 22.9 Å². The Kier molecular flexibility index (Phi) is 4.38. The normalized spacial score (nSPS) is 11.8. The van der Waals surface area contributed by atoms with Gasteiger partial charge < -0.3 is 5.32 Å². The number of benzene rings is 1. The molecule has 0 spiro atoms. The Morgan fingerprint density at radius 2 is 2.26 bits per heavy atom. The van der Waals surface area contributed by atoms with Crippen LogP contribution in [0.25, 0.3) is 10.2 Å². The molecule has 19 heavy (non-hydrogen) atoms. The Bertz CT molecular complexity index is 610. The Labute approximate surface area is 125 Å². The molecule has 102 valence electrons. The first kappa shape index (κ1) is 14.6. The molecule has 1 aromatic heterocycles. The highest BCUT2D eigenvalue weighted by Gasteiger charge is 2.26. The first-order valence-electron chi connectivity index (χ1n) is 5.78. The summed E-state index contributed by atoms with van der Waals surface area (Å²) in [6.45, 7) is 3.65. The van der Waals surface area contributed by atoms with E-state index in [-0.39, 0.29) is 11.8 Å². The van der Waals surface area contributed by atoms with Crippen LogP contribution in [0.4, 0.5) is 5.69 Å². The van der Waals surface area contributed by atoms with Gasteiger partial charge in [0.05, 0.1) is 15.6 Å². The molecule has 0 atom stereocenters. The van der Waals surface area contributed by atoms with Gasteiger partial charge in [0.25, 0.3) is 0 Å². The van der Waals surface area contributed by atoms with E-state index in [2.05, 4.69) is 10.3 Å². The zero-order valence-electron chi connectivity index (χ0n) is 11.0. The molecule has 1 N–H and O–H groups in total. The number of thioether (sulfide) groups is 1. The molecule has 0 aliphatic rings. The second-order valence-electron chi connectivity index (χ2n) is 4.84. The van der Waals surface area contributed by atoms with Gasteiger partial charge in [0.2, 0.25) is 5.91 Å². The van der Waals surface area contributed by atoms with E-state index >= 15 is 0 Å². The number of carbonyl (C=O) groups excluding carboxylic acids is 1. The molecular weight excluding hydrogens is 300 g/mol. The number of carbonyl (C=O) groups is 1. The fourth-order valence-corrected chi connectivity index (χ4v) is 3.08. The first-order chi connectivity index (χ1) is 8.96. The number of hydrogen-bond acceptors (Lipinski definition) is 4. The van der Waals surface area contributed by atoms with Crippen molar-refractivity contribution in [3.8, 4) is 0 Å². The van der Waals surface area contributed by atoms with Crippen LogP contribution in [0.1, 0.15) is 13.8 Å². The van der Waals surface area contributed by atoms with Gasteiger partial charge in [0, 0.05) is 11.6 Å². The number of rotatable bonds is 4.